The van der Waals surface area contributed by atoms with Gasteiger partial charge in [0.1, 0.15) is 0 Å². The first-order chi connectivity index (χ1) is 9.97. The van der Waals surface area contributed by atoms with Crippen LogP contribution in [0.25, 0.3) is 0 Å². The van der Waals surface area contributed by atoms with Crippen molar-refractivity contribution < 1.29 is 4.92 Å². The number of rotatable bonds is 4. The molecule has 0 saturated heterocycles. The average molecular weight is 303 g/mol. The van der Waals surface area contributed by atoms with Gasteiger partial charge in [-0.15, -0.1) is 0 Å². The second kappa shape index (κ2) is 6.50. The van der Waals surface area contributed by atoms with Crippen LogP contribution in [0.15, 0.2) is 47.5 Å². The van der Waals surface area contributed by atoms with E-state index in [4.69, 9.17) is 11.6 Å². The van der Waals surface area contributed by atoms with Crippen molar-refractivity contribution in [3.05, 3.63) is 68.7 Å². The molecule has 0 radical (unpaired) electrons. The van der Waals surface area contributed by atoms with Gasteiger partial charge in [0.15, 0.2) is 0 Å². The summed E-state index contributed by atoms with van der Waals surface area (Å²) in [7, 11) is 0. The van der Waals surface area contributed by atoms with Crippen molar-refractivity contribution in [2.24, 2.45) is 4.99 Å². The largest absolute Gasteiger partial charge is 0.270 e. The highest BCUT2D eigenvalue weighted by molar-refractivity contribution is 6.33. The monoisotopic (exact) mass is 302 g/mol. The lowest BCUT2D eigenvalue weighted by atomic mass is 10.0. The lowest BCUT2D eigenvalue weighted by Gasteiger charge is -2.04. The van der Waals surface area contributed by atoms with E-state index >= 15 is 0 Å². The van der Waals surface area contributed by atoms with Crippen LogP contribution in [0, 0.1) is 10.1 Å². The van der Waals surface area contributed by atoms with Gasteiger partial charge in [0, 0.05) is 28.9 Å². The van der Waals surface area contributed by atoms with E-state index in [0.717, 1.165) is 5.69 Å². The second-order valence-electron chi connectivity index (χ2n) is 4.97. The Morgan fingerprint density at radius 1 is 1.19 bits per heavy atom. The number of hydrogen-bond donors (Lipinski definition) is 0. The van der Waals surface area contributed by atoms with Crippen LogP contribution in [-0.4, -0.2) is 11.1 Å². The van der Waals surface area contributed by atoms with Crippen molar-refractivity contribution in [3.63, 3.8) is 0 Å². The molecule has 2 aromatic carbocycles. The van der Waals surface area contributed by atoms with Crippen LogP contribution >= 0.6 is 11.6 Å². The van der Waals surface area contributed by atoms with E-state index in [1.807, 2.05) is 24.3 Å². The molecule has 0 atom stereocenters. The lowest BCUT2D eigenvalue weighted by Crippen LogP contribution is -1.91. The van der Waals surface area contributed by atoms with Gasteiger partial charge in [-0.3, -0.25) is 15.1 Å². The first-order valence-corrected chi connectivity index (χ1v) is 6.93. The molecule has 0 heterocycles. The van der Waals surface area contributed by atoms with Gasteiger partial charge < -0.3 is 0 Å². The first kappa shape index (κ1) is 15.2. The molecule has 21 heavy (non-hydrogen) atoms. The fourth-order valence-corrected chi connectivity index (χ4v) is 2.00. The average Bonchev–Trinajstić information content (AvgIpc) is 2.46. The Kier molecular flexibility index (Phi) is 4.70. The summed E-state index contributed by atoms with van der Waals surface area (Å²) in [5, 5.41) is 11.2. The predicted molar refractivity (Wildman–Crippen MR) is 85.9 cm³/mol. The maximum absolute atomic E-state index is 10.8. The number of hydrogen-bond acceptors (Lipinski definition) is 3. The second-order valence-corrected chi connectivity index (χ2v) is 5.37. The van der Waals surface area contributed by atoms with E-state index < -0.39 is 4.92 Å². The molecule has 2 rings (SSSR count). The fraction of sp³-hybridized carbons (Fsp3) is 0.188. The Hall–Kier alpha value is -2.20. The van der Waals surface area contributed by atoms with Crippen molar-refractivity contribution in [1.82, 2.24) is 0 Å². The number of nitro benzene ring substituents is 1. The number of non-ortho nitro benzene ring substituents is 1. The van der Waals surface area contributed by atoms with Gasteiger partial charge in [-0.25, -0.2) is 0 Å². The quantitative estimate of drug-likeness (QED) is 0.447. The number of nitro groups is 1. The molecule has 0 N–H and O–H groups in total. The molecule has 0 spiro atoms. The fourth-order valence-electron chi connectivity index (χ4n) is 1.83. The van der Waals surface area contributed by atoms with Crippen LogP contribution < -0.4 is 0 Å². The highest BCUT2D eigenvalue weighted by Gasteiger charge is 2.08. The summed E-state index contributed by atoms with van der Waals surface area (Å²) < 4.78 is 0. The van der Waals surface area contributed by atoms with Crippen LogP contribution in [0.5, 0.6) is 0 Å². The van der Waals surface area contributed by atoms with Crippen molar-refractivity contribution in [2.75, 3.05) is 0 Å². The molecule has 0 saturated carbocycles. The predicted octanol–water partition coefficient (Wildman–Crippen LogP) is 5.12. The summed E-state index contributed by atoms with van der Waals surface area (Å²) in [4.78, 5) is 14.6. The number of aliphatic imine (C=N–C) groups is 1. The molecule has 0 aliphatic carbocycles. The summed E-state index contributed by atoms with van der Waals surface area (Å²) >= 11 is 6.02. The minimum Gasteiger partial charge on any atom is -0.258 e. The third kappa shape index (κ3) is 3.89. The molecule has 2 aromatic rings. The van der Waals surface area contributed by atoms with Crippen LogP contribution in [0.4, 0.5) is 11.4 Å². The summed E-state index contributed by atoms with van der Waals surface area (Å²) in [6.07, 6.45) is 1.54. The van der Waals surface area contributed by atoms with E-state index in [9.17, 15) is 10.1 Å². The van der Waals surface area contributed by atoms with Gasteiger partial charge in [0.25, 0.3) is 5.69 Å². The van der Waals surface area contributed by atoms with Crippen LogP contribution in [0.3, 0.4) is 0 Å². The van der Waals surface area contributed by atoms with Gasteiger partial charge in [-0.05, 0) is 29.7 Å². The summed E-state index contributed by atoms with van der Waals surface area (Å²) in [6, 6.07) is 12.2. The molecule has 108 valence electrons. The van der Waals surface area contributed by atoms with Gasteiger partial charge in [-0.1, -0.05) is 37.6 Å². The molecule has 0 fully saturated rings. The lowest BCUT2D eigenvalue weighted by molar-refractivity contribution is -0.384. The molecule has 0 unspecified atom stereocenters. The zero-order chi connectivity index (χ0) is 15.4. The number of benzene rings is 2. The molecule has 0 bridgehead atoms. The Morgan fingerprint density at radius 2 is 1.86 bits per heavy atom. The van der Waals surface area contributed by atoms with Crippen LogP contribution in [0.1, 0.15) is 30.9 Å². The Bertz CT molecular complexity index is 679. The minimum atomic E-state index is -0.453. The maximum atomic E-state index is 10.8. The first-order valence-electron chi connectivity index (χ1n) is 6.55. The molecule has 0 aliphatic heterocycles. The minimum absolute atomic E-state index is 0.00370. The zero-order valence-electron chi connectivity index (χ0n) is 11.8. The topological polar surface area (TPSA) is 55.5 Å². The van der Waals surface area contributed by atoms with E-state index in [-0.39, 0.29) is 5.69 Å². The number of halogens is 1. The van der Waals surface area contributed by atoms with E-state index in [1.54, 1.807) is 6.21 Å². The number of nitrogens with zero attached hydrogens (tertiary/aromatic N) is 2. The van der Waals surface area contributed by atoms with Gasteiger partial charge >= 0.3 is 0 Å². The Morgan fingerprint density at radius 3 is 2.43 bits per heavy atom. The normalized spacial score (nSPS) is 11.2. The van der Waals surface area contributed by atoms with Crippen molar-refractivity contribution in [2.45, 2.75) is 19.8 Å². The highest BCUT2D eigenvalue weighted by atomic mass is 35.5. The van der Waals surface area contributed by atoms with Crippen molar-refractivity contribution in [3.8, 4) is 0 Å². The maximum Gasteiger partial charge on any atom is 0.270 e. The van der Waals surface area contributed by atoms with Crippen molar-refractivity contribution >= 4 is 29.2 Å². The highest BCUT2D eigenvalue weighted by Crippen LogP contribution is 2.22. The molecule has 5 heteroatoms. The standard InChI is InChI=1S/C16H15ClN2O2/c1-11(2)12-3-5-14(6-4-12)18-10-13-9-15(19(20)21)7-8-16(13)17/h3-11H,1-2H3. The Labute approximate surface area is 128 Å². The molecule has 4 nitrogen and oxygen atoms in total. The molecule has 0 amide bonds. The summed E-state index contributed by atoms with van der Waals surface area (Å²) in [5.74, 6) is 0.467. The van der Waals surface area contributed by atoms with E-state index in [1.165, 1.54) is 23.8 Å². The summed E-state index contributed by atoms with van der Waals surface area (Å²) in [6.45, 7) is 4.25. The van der Waals surface area contributed by atoms with Crippen LogP contribution in [0.2, 0.25) is 5.02 Å². The van der Waals surface area contributed by atoms with Crippen LogP contribution in [-0.2, 0) is 0 Å². The zero-order valence-corrected chi connectivity index (χ0v) is 12.5. The molecular weight excluding hydrogens is 288 g/mol. The molecule has 0 aromatic heterocycles. The third-order valence-electron chi connectivity index (χ3n) is 3.10. The van der Waals surface area contributed by atoms with E-state index in [0.29, 0.717) is 16.5 Å². The van der Waals surface area contributed by atoms with Gasteiger partial charge in [0.05, 0.1) is 10.6 Å². The van der Waals surface area contributed by atoms with Crippen molar-refractivity contribution in [1.29, 1.82) is 0 Å². The molecule has 0 aliphatic rings. The van der Waals surface area contributed by atoms with Gasteiger partial charge in [-0.2, -0.15) is 0 Å². The van der Waals surface area contributed by atoms with Gasteiger partial charge in [0.2, 0.25) is 0 Å². The van der Waals surface area contributed by atoms with E-state index in [2.05, 4.69) is 18.8 Å². The SMILES string of the molecule is CC(C)c1ccc(N=Cc2cc([N+](=O)[O-])ccc2Cl)cc1. The molecular formula is C16H15ClN2O2. The Balaban J connectivity index is 2.24. The third-order valence-corrected chi connectivity index (χ3v) is 3.45. The smallest absolute Gasteiger partial charge is 0.258 e. The summed E-state index contributed by atoms with van der Waals surface area (Å²) in [5.41, 5.74) is 2.54.